The second kappa shape index (κ2) is 6.14. The molecule has 0 saturated heterocycles. The molecule has 1 aromatic rings. The zero-order valence-corrected chi connectivity index (χ0v) is 12.1. The minimum Gasteiger partial charge on any atom is -0.489 e. The Morgan fingerprint density at radius 3 is 2.50 bits per heavy atom. The zero-order valence-electron chi connectivity index (χ0n) is 10.6. The van der Waals surface area contributed by atoms with Crippen molar-refractivity contribution in [3.63, 3.8) is 0 Å². The van der Waals surface area contributed by atoms with Gasteiger partial charge < -0.3 is 10.5 Å². The maximum absolute atomic E-state index is 6.20. The number of halogens is 2. The molecule has 0 aromatic heterocycles. The third-order valence-electron chi connectivity index (χ3n) is 3.55. The predicted molar refractivity (Wildman–Crippen MR) is 76.4 cm³/mol. The summed E-state index contributed by atoms with van der Waals surface area (Å²) >= 11 is 12.2. The average molecular weight is 288 g/mol. The molecule has 1 aromatic carbocycles. The quantitative estimate of drug-likeness (QED) is 0.894. The summed E-state index contributed by atoms with van der Waals surface area (Å²) < 4.78 is 6.04. The van der Waals surface area contributed by atoms with Crippen LogP contribution in [-0.2, 0) is 6.54 Å². The molecule has 0 amide bonds. The van der Waals surface area contributed by atoms with Gasteiger partial charge in [-0.2, -0.15) is 0 Å². The van der Waals surface area contributed by atoms with Crippen molar-refractivity contribution in [1.82, 2.24) is 0 Å². The molecule has 2 N–H and O–H groups in total. The molecule has 1 aliphatic carbocycles. The second-order valence-electron chi connectivity index (χ2n) is 5.08. The molecule has 1 fully saturated rings. The Morgan fingerprint density at radius 1 is 1.22 bits per heavy atom. The van der Waals surface area contributed by atoms with Crippen LogP contribution in [0, 0.1) is 5.92 Å². The maximum Gasteiger partial charge on any atom is 0.142 e. The maximum atomic E-state index is 6.20. The Balaban J connectivity index is 2.13. The number of rotatable bonds is 3. The van der Waals surface area contributed by atoms with Gasteiger partial charge in [-0.15, -0.1) is 0 Å². The summed E-state index contributed by atoms with van der Waals surface area (Å²) in [4.78, 5) is 0. The lowest BCUT2D eigenvalue weighted by Crippen LogP contribution is -2.23. The fourth-order valence-electron chi connectivity index (χ4n) is 2.41. The van der Waals surface area contributed by atoms with Gasteiger partial charge in [0, 0.05) is 17.1 Å². The number of benzene rings is 1. The number of hydrogen-bond acceptors (Lipinski definition) is 2. The molecular formula is C14H19Cl2NO. The first-order valence-corrected chi connectivity index (χ1v) is 7.20. The van der Waals surface area contributed by atoms with E-state index in [2.05, 4.69) is 6.92 Å². The fraction of sp³-hybridized carbons (Fsp3) is 0.571. The molecule has 4 heteroatoms. The largest absolute Gasteiger partial charge is 0.489 e. The van der Waals surface area contributed by atoms with Gasteiger partial charge in [0.25, 0.3) is 0 Å². The first kappa shape index (κ1) is 14.0. The van der Waals surface area contributed by atoms with Crippen LogP contribution >= 0.6 is 23.2 Å². The van der Waals surface area contributed by atoms with E-state index < -0.39 is 0 Å². The van der Waals surface area contributed by atoms with E-state index in [1.165, 1.54) is 12.8 Å². The summed E-state index contributed by atoms with van der Waals surface area (Å²) in [5.74, 6) is 1.52. The first-order chi connectivity index (χ1) is 8.60. The first-order valence-electron chi connectivity index (χ1n) is 6.44. The van der Waals surface area contributed by atoms with E-state index in [1.807, 2.05) is 6.07 Å². The van der Waals surface area contributed by atoms with Crippen molar-refractivity contribution in [3.05, 3.63) is 27.7 Å². The van der Waals surface area contributed by atoms with Crippen LogP contribution in [0.5, 0.6) is 5.75 Å². The van der Waals surface area contributed by atoms with Gasteiger partial charge in [-0.05, 0) is 43.7 Å². The Bertz CT molecular complexity index is 415. The van der Waals surface area contributed by atoms with Gasteiger partial charge in [-0.3, -0.25) is 0 Å². The van der Waals surface area contributed by atoms with Crippen LogP contribution in [0.2, 0.25) is 10.0 Å². The van der Waals surface area contributed by atoms with Crippen molar-refractivity contribution >= 4 is 23.2 Å². The van der Waals surface area contributed by atoms with E-state index >= 15 is 0 Å². The van der Waals surface area contributed by atoms with E-state index in [0.29, 0.717) is 22.3 Å². The van der Waals surface area contributed by atoms with E-state index in [1.54, 1.807) is 6.07 Å². The summed E-state index contributed by atoms with van der Waals surface area (Å²) in [5, 5.41) is 1.16. The van der Waals surface area contributed by atoms with Gasteiger partial charge in [-0.1, -0.05) is 30.1 Å². The molecule has 0 bridgehead atoms. The molecule has 2 nitrogen and oxygen atoms in total. The highest BCUT2D eigenvalue weighted by Crippen LogP contribution is 2.35. The molecule has 1 aliphatic rings. The van der Waals surface area contributed by atoms with E-state index in [4.69, 9.17) is 33.7 Å². The molecule has 0 aliphatic heterocycles. The van der Waals surface area contributed by atoms with Crippen molar-refractivity contribution in [3.8, 4) is 5.75 Å². The summed E-state index contributed by atoms with van der Waals surface area (Å²) in [5.41, 5.74) is 6.60. The number of ether oxygens (including phenoxy) is 1. The molecule has 0 atom stereocenters. The van der Waals surface area contributed by atoms with E-state index in [9.17, 15) is 0 Å². The molecule has 100 valence electrons. The predicted octanol–water partition coefficient (Wildman–Crippen LogP) is 4.41. The Hall–Kier alpha value is -0.440. The highest BCUT2D eigenvalue weighted by molar-refractivity contribution is 6.35. The molecule has 0 spiro atoms. The van der Waals surface area contributed by atoms with Gasteiger partial charge in [0.1, 0.15) is 5.75 Å². The van der Waals surface area contributed by atoms with Crippen LogP contribution < -0.4 is 10.5 Å². The summed E-state index contributed by atoms with van der Waals surface area (Å²) in [7, 11) is 0. The monoisotopic (exact) mass is 287 g/mol. The molecule has 0 radical (unpaired) electrons. The molecule has 18 heavy (non-hydrogen) atoms. The van der Waals surface area contributed by atoms with Crippen molar-refractivity contribution in [2.75, 3.05) is 0 Å². The molecule has 1 saturated carbocycles. The molecule has 0 heterocycles. The summed E-state index contributed by atoms with van der Waals surface area (Å²) in [6.45, 7) is 2.68. The Kier molecular flexibility index (Phi) is 4.77. The van der Waals surface area contributed by atoms with Crippen molar-refractivity contribution in [1.29, 1.82) is 0 Å². The highest BCUT2D eigenvalue weighted by Gasteiger charge is 2.21. The molecular weight excluding hydrogens is 269 g/mol. The smallest absolute Gasteiger partial charge is 0.142 e. The van der Waals surface area contributed by atoms with Gasteiger partial charge in [0.15, 0.2) is 0 Å². The average Bonchev–Trinajstić information content (AvgIpc) is 2.34. The van der Waals surface area contributed by atoms with Crippen molar-refractivity contribution < 1.29 is 4.74 Å². The van der Waals surface area contributed by atoms with Crippen molar-refractivity contribution in [2.24, 2.45) is 11.7 Å². The lowest BCUT2D eigenvalue weighted by Gasteiger charge is -2.28. The van der Waals surface area contributed by atoms with Gasteiger partial charge >= 0.3 is 0 Å². The van der Waals surface area contributed by atoms with Crippen LogP contribution in [0.3, 0.4) is 0 Å². The minimum atomic E-state index is 0.255. The van der Waals surface area contributed by atoms with Crippen molar-refractivity contribution in [2.45, 2.75) is 45.3 Å². The second-order valence-corrected chi connectivity index (χ2v) is 5.92. The lowest BCUT2D eigenvalue weighted by atomic mass is 9.89. The number of nitrogens with two attached hydrogens (primary N) is 1. The zero-order chi connectivity index (χ0) is 13.1. The lowest BCUT2D eigenvalue weighted by molar-refractivity contribution is 0.134. The Labute approximate surface area is 118 Å². The summed E-state index contributed by atoms with van der Waals surface area (Å²) in [6, 6.07) is 3.54. The SMILES string of the molecule is CC1CCC(Oc2c(Cl)cc(Cl)cc2CN)CC1. The van der Waals surface area contributed by atoms with E-state index in [-0.39, 0.29) is 6.10 Å². The topological polar surface area (TPSA) is 35.2 Å². The molecule has 2 rings (SSSR count). The van der Waals surface area contributed by atoms with Crippen LogP contribution in [0.15, 0.2) is 12.1 Å². The highest BCUT2D eigenvalue weighted by atomic mass is 35.5. The minimum absolute atomic E-state index is 0.255. The van der Waals surface area contributed by atoms with Crippen LogP contribution in [-0.4, -0.2) is 6.10 Å². The normalized spacial score (nSPS) is 24.0. The van der Waals surface area contributed by atoms with E-state index in [0.717, 1.165) is 24.3 Å². The van der Waals surface area contributed by atoms with Gasteiger partial charge in [0.2, 0.25) is 0 Å². The van der Waals surface area contributed by atoms with Crippen LogP contribution in [0.1, 0.15) is 38.2 Å². The third kappa shape index (κ3) is 3.31. The summed E-state index contributed by atoms with van der Waals surface area (Å²) in [6.07, 6.45) is 4.86. The van der Waals surface area contributed by atoms with Crippen LogP contribution in [0.4, 0.5) is 0 Å². The van der Waals surface area contributed by atoms with Gasteiger partial charge in [0.05, 0.1) is 11.1 Å². The fourth-order valence-corrected chi connectivity index (χ4v) is 2.99. The van der Waals surface area contributed by atoms with Gasteiger partial charge in [-0.25, -0.2) is 0 Å². The standard InChI is InChI=1S/C14H19Cl2NO/c1-9-2-4-12(5-3-9)18-14-10(8-17)6-11(15)7-13(14)16/h6-7,9,12H,2-5,8,17H2,1H3. The number of hydrogen-bond donors (Lipinski definition) is 1. The third-order valence-corrected chi connectivity index (χ3v) is 4.05. The van der Waals surface area contributed by atoms with Crippen LogP contribution in [0.25, 0.3) is 0 Å². The Morgan fingerprint density at radius 2 is 1.89 bits per heavy atom. The molecule has 0 unspecified atom stereocenters.